The van der Waals surface area contributed by atoms with Crippen LogP contribution in [0.1, 0.15) is 19.3 Å². The number of hydrogen-bond donors (Lipinski definition) is 2. The van der Waals surface area contributed by atoms with Gasteiger partial charge in [-0.05, 0) is 31.8 Å². The molecule has 1 aliphatic rings. The number of aromatic nitrogens is 3. The number of hydrogen-bond acceptors (Lipinski definition) is 4. The van der Waals surface area contributed by atoms with Crippen molar-refractivity contribution in [2.75, 3.05) is 19.6 Å². The van der Waals surface area contributed by atoms with Crippen molar-refractivity contribution < 1.29 is 4.79 Å². The summed E-state index contributed by atoms with van der Waals surface area (Å²) in [4.78, 5) is 15.4. The second-order valence-corrected chi connectivity index (χ2v) is 4.41. The van der Waals surface area contributed by atoms with E-state index >= 15 is 0 Å². The highest BCUT2D eigenvalue weighted by Gasteiger charge is 2.13. The lowest BCUT2D eigenvalue weighted by Crippen LogP contribution is -2.36. The summed E-state index contributed by atoms with van der Waals surface area (Å²) >= 11 is 0. The van der Waals surface area contributed by atoms with E-state index in [1.54, 1.807) is 11.0 Å². The zero-order valence-electron chi connectivity index (χ0n) is 9.93. The summed E-state index contributed by atoms with van der Waals surface area (Å²) in [6.45, 7) is 3.54. The molecule has 0 atom stereocenters. The van der Waals surface area contributed by atoms with Gasteiger partial charge in [-0.3, -0.25) is 9.48 Å². The Kier molecular flexibility index (Phi) is 4.49. The summed E-state index contributed by atoms with van der Waals surface area (Å²) in [5.41, 5.74) is 0. The molecule has 2 N–H and O–H groups in total. The third-order valence-electron chi connectivity index (χ3n) is 3.08. The van der Waals surface area contributed by atoms with E-state index < -0.39 is 0 Å². The van der Waals surface area contributed by atoms with Crippen LogP contribution in [0.2, 0.25) is 0 Å². The standard InChI is InChI=1S/C11H19N5O/c17-11(3-6-16-9-13-8-15-16)14-7-10-1-4-12-5-2-10/h8-10,12H,1-7H2,(H,14,17). The number of rotatable bonds is 5. The maximum Gasteiger partial charge on any atom is 0.221 e. The molecule has 94 valence electrons. The minimum absolute atomic E-state index is 0.0963. The normalized spacial score (nSPS) is 16.9. The van der Waals surface area contributed by atoms with Gasteiger partial charge in [-0.25, -0.2) is 4.98 Å². The Labute approximate surface area is 101 Å². The average molecular weight is 237 g/mol. The zero-order valence-corrected chi connectivity index (χ0v) is 9.93. The van der Waals surface area contributed by atoms with Gasteiger partial charge in [-0.15, -0.1) is 0 Å². The predicted octanol–water partition coefficient (Wildman–Crippen LogP) is -0.216. The van der Waals surface area contributed by atoms with Gasteiger partial charge < -0.3 is 10.6 Å². The highest BCUT2D eigenvalue weighted by molar-refractivity contribution is 5.75. The lowest BCUT2D eigenvalue weighted by atomic mass is 9.98. The minimum Gasteiger partial charge on any atom is -0.356 e. The molecule has 0 bridgehead atoms. The maximum atomic E-state index is 11.6. The van der Waals surface area contributed by atoms with Gasteiger partial charge >= 0.3 is 0 Å². The van der Waals surface area contributed by atoms with Gasteiger partial charge in [0.15, 0.2) is 0 Å². The molecule has 0 radical (unpaired) electrons. The first-order valence-electron chi connectivity index (χ1n) is 6.14. The minimum atomic E-state index is 0.0963. The van der Waals surface area contributed by atoms with Crippen LogP contribution in [-0.2, 0) is 11.3 Å². The van der Waals surface area contributed by atoms with E-state index in [1.807, 2.05) is 0 Å². The van der Waals surface area contributed by atoms with Crippen molar-refractivity contribution in [2.45, 2.75) is 25.8 Å². The number of aryl methyl sites for hydroxylation is 1. The van der Waals surface area contributed by atoms with Crippen molar-refractivity contribution in [3.05, 3.63) is 12.7 Å². The van der Waals surface area contributed by atoms with Gasteiger partial charge in [0.2, 0.25) is 5.91 Å². The highest BCUT2D eigenvalue weighted by Crippen LogP contribution is 2.09. The SMILES string of the molecule is O=C(CCn1cncn1)NCC1CCNCC1. The lowest BCUT2D eigenvalue weighted by molar-refractivity contribution is -0.121. The molecule has 0 aliphatic carbocycles. The summed E-state index contributed by atoms with van der Waals surface area (Å²) in [6, 6.07) is 0. The monoisotopic (exact) mass is 237 g/mol. The summed E-state index contributed by atoms with van der Waals surface area (Å²) in [5, 5.41) is 10.3. The smallest absolute Gasteiger partial charge is 0.221 e. The van der Waals surface area contributed by atoms with Crippen LogP contribution in [0.4, 0.5) is 0 Å². The first-order valence-corrected chi connectivity index (χ1v) is 6.14. The fraction of sp³-hybridized carbons (Fsp3) is 0.727. The van der Waals surface area contributed by atoms with Crippen LogP contribution in [0.15, 0.2) is 12.7 Å². The van der Waals surface area contributed by atoms with E-state index in [4.69, 9.17) is 0 Å². The molecule has 1 aromatic rings. The molecule has 1 aromatic heterocycles. The number of carbonyl (C=O) groups is 1. The van der Waals surface area contributed by atoms with E-state index in [0.717, 1.165) is 32.5 Å². The fourth-order valence-electron chi connectivity index (χ4n) is 2.00. The molecule has 1 amide bonds. The Morgan fingerprint density at radius 3 is 3.00 bits per heavy atom. The van der Waals surface area contributed by atoms with Crippen molar-refractivity contribution in [3.8, 4) is 0 Å². The van der Waals surface area contributed by atoms with Crippen LogP contribution in [0.5, 0.6) is 0 Å². The average Bonchev–Trinajstić information content (AvgIpc) is 2.88. The number of carbonyl (C=O) groups excluding carboxylic acids is 1. The topological polar surface area (TPSA) is 71.8 Å². The van der Waals surface area contributed by atoms with Crippen molar-refractivity contribution >= 4 is 5.91 Å². The quantitative estimate of drug-likeness (QED) is 0.743. The lowest BCUT2D eigenvalue weighted by Gasteiger charge is -2.22. The van der Waals surface area contributed by atoms with Crippen molar-refractivity contribution in [2.24, 2.45) is 5.92 Å². The Balaban J connectivity index is 1.60. The van der Waals surface area contributed by atoms with Crippen molar-refractivity contribution in [1.82, 2.24) is 25.4 Å². The molecular formula is C11H19N5O. The molecule has 0 saturated carbocycles. The second-order valence-electron chi connectivity index (χ2n) is 4.41. The fourth-order valence-corrected chi connectivity index (χ4v) is 2.00. The van der Waals surface area contributed by atoms with E-state index in [1.165, 1.54) is 6.33 Å². The van der Waals surface area contributed by atoms with E-state index in [2.05, 4.69) is 20.7 Å². The summed E-state index contributed by atoms with van der Waals surface area (Å²) in [7, 11) is 0. The van der Waals surface area contributed by atoms with Crippen molar-refractivity contribution in [1.29, 1.82) is 0 Å². The van der Waals surface area contributed by atoms with Crippen LogP contribution >= 0.6 is 0 Å². The molecule has 17 heavy (non-hydrogen) atoms. The largest absolute Gasteiger partial charge is 0.356 e. The molecule has 0 spiro atoms. The molecule has 1 saturated heterocycles. The Hall–Kier alpha value is -1.43. The number of piperidine rings is 1. The third kappa shape index (κ3) is 4.14. The summed E-state index contributed by atoms with van der Waals surface area (Å²) in [5.74, 6) is 0.727. The highest BCUT2D eigenvalue weighted by atomic mass is 16.1. The van der Waals surface area contributed by atoms with Crippen LogP contribution < -0.4 is 10.6 Å². The van der Waals surface area contributed by atoms with Crippen LogP contribution in [-0.4, -0.2) is 40.3 Å². The molecule has 0 unspecified atom stereocenters. The van der Waals surface area contributed by atoms with Gasteiger partial charge in [0.1, 0.15) is 12.7 Å². The Morgan fingerprint density at radius 1 is 1.47 bits per heavy atom. The molecule has 2 rings (SSSR count). The van der Waals surface area contributed by atoms with E-state index in [-0.39, 0.29) is 5.91 Å². The third-order valence-corrected chi connectivity index (χ3v) is 3.08. The Bertz CT molecular complexity index is 332. The summed E-state index contributed by atoms with van der Waals surface area (Å²) in [6.07, 6.45) is 5.88. The molecular weight excluding hydrogens is 218 g/mol. The van der Waals surface area contributed by atoms with Crippen LogP contribution in [0, 0.1) is 5.92 Å². The number of amides is 1. The van der Waals surface area contributed by atoms with Crippen molar-refractivity contribution in [3.63, 3.8) is 0 Å². The van der Waals surface area contributed by atoms with E-state index in [0.29, 0.717) is 18.9 Å². The molecule has 6 nitrogen and oxygen atoms in total. The first kappa shape index (κ1) is 12.0. The van der Waals surface area contributed by atoms with Gasteiger partial charge in [0, 0.05) is 13.0 Å². The van der Waals surface area contributed by atoms with Crippen LogP contribution in [0.3, 0.4) is 0 Å². The van der Waals surface area contributed by atoms with Gasteiger partial charge in [-0.1, -0.05) is 0 Å². The van der Waals surface area contributed by atoms with Gasteiger partial charge in [0.25, 0.3) is 0 Å². The number of nitrogens with zero attached hydrogens (tertiary/aromatic N) is 3. The second kappa shape index (κ2) is 6.34. The summed E-state index contributed by atoms with van der Waals surface area (Å²) < 4.78 is 1.67. The van der Waals surface area contributed by atoms with Gasteiger partial charge in [0.05, 0.1) is 6.54 Å². The Morgan fingerprint density at radius 2 is 2.29 bits per heavy atom. The number of nitrogens with one attached hydrogen (secondary N) is 2. The maximum absolute atomic E-state index is 11.6. The first-order chi connectivity index (χ1) is 8.34. The van der Waals surface area contributed by atoms with Gasteiger partial charge in [-0.2, -0.15) is 5.10 Å². The molecule has 6 heteroatoms. The molecule has 0 aromatic carbocycles. The molecule has 1 fully saturated rings. The van der Waals surface area contributed by atoms with Crippen LogP contribution in [0.25, 0.3) is 0 Å². The molecule has 2 heterocycles. The zero-order chi connectivity index (χ0) is 11.9. The predicted molar refractivity (Wildman–Crippen MR) is 63.2 cm³/mol. The van der Waals surface area contributed by atoms with E-state index in [9.17, 15) is 4.79 Å². The molecule has 1 aliphatic heterocycles.